The number of H-pyrrole nitrogens is 1. The Bertz CT molecular complexity index is 1380. The summed E-state index contributed by atoms with van der Waals surface area (Å²) in [5, 5.41) is 3.32. The van der Waals surface area contributed by atoms with Crippen LogP contribution in [0.2, 0.25) is 0 Å². The number of fused-ring (bicyclic) bond motifs is 1. The van der Waals surface area contributed by atoms with E-state index in [0.717, 1.165) is 5.56 Å². The first-order valence-electron chi connectivity index (χ1n) is 11.5. The Morgan fingerprint density at radius 1 is 1.14 bits per heavy atom. The lowest BCUT2D eigenvalue weighted by molar-refractivity contribution is -0.0586. The van der Waals surface area contributed by atoms with Crippen LogP contribution in [0, 0.1) is 4.77 Å². The molecule has 1 aliphatic heterocycles. The summed E-state index contributed by atoms with van der Waals surface area (Å²) in [6, 6.07) is 12.1. The maximum absolute atomic E-state index is 12.8. The molecule has 2 unspecified atom stereocenters. The fraction of sp³-hybridized carbons (Fsp3) is 0.308. The average molecular weight is 493 g/mol. The maximum atomic E-state index is 12.8. The summed E-state index contributed by atoms with van der Waals surface area (Å²) < 4.78 is 7.39. The second kappa shape index (κ2) is 10.4. The summed E-state index contributed by atoms with van der Waals surface area (Å²) in [6.45, 7) is 9.31. The van der Waals surface area contributed by atoms with Crippen molar-refractivity contribution in [1.29, 1.82) is 0 Å². The van der Waals surface area contributed by atoms with Gasteiger partial charge in [-0.2, -0.15) is 0 Å². The number of nitrogens with zero attached hydrogens (tertiary/aromatic N) is 2. The predicted octanol–water partition coefficient (Wildman–Crippen LogP) is 3.42. The third kappa shape index (κ3) is 5.41. The molecule has 0 aliphatic carbocycles. The Labute approximate surface area is 208 Å². The summed E-state index contributed by atoms with van der Waals surface area (Å²) >= 11 is 5.26. The fourth-order valence-corrected chi connectivity index (χ4v) is 4.53. The highest BCUT2D eigenvalue weighted by molar-refractivity contribution is 7.71. The van der Waals surface area contributed by atoms with Crippen molar-refractivity contribution < 1.29 is 14.3 Å². The lowest BCUT2D eigenvalue weighted by Crippen LogP contribution is -2.48. The second-order valence-electron chi connectivity index (χ2n) is 8.74. The van der Waals surface area contributed by atoms with Crippen LogP contribution in [0.1, 0.15) is 40.1 Å². The molecule has 4 rings (SSSR count). The van der Waals surface area contributed by atoms with Crippen molar-refractivity contribution in [2.24, 2.45) is 0 Å². The lowest BCUT2D eigenvalue weighted by Gasteiger charge is -2.35. The molecule has 2 heterocycles. The molecule has 1 aromatic heterocycles. The van der Waals surface area contributed by atoms with Crippen molar-refractivity contribution in [2.45, 2.75) is 39.1 Å². The Morgan fingerprint density at radius 3 is 2.46 bits per heavy atom. The van der Waals surface area contributed by atoms with E-state index in [2.05, 4.69) is 16.9 Å². The SMILES string of the molecule is C=CCn1c(=S)[nH]c2cc(C(=O)NCc3ccc(C(=O)N4CC(C)OC(C)C4)cc3)ccc2c1=O. The molecule has 0 radical (unpaired) electrons. The molecule has 35 heavy (non-hydrogen) atoms. The average Bonchev–Trinajstić information content (AvgIpc) is 2.84. The third-order valence-corrected chi connectivity index (χ3v) is 6.24. The largest absolute Gasteiger partial charge is 0.372 e. The van der Waals surface area contributed by atoms with Crippen LogP contribution in [0.5, 0.6) is 0 Å². The number of aromatic amines is 1. The van der Waals surface area contributed by atoms with E-state index in [4.69, 9.17) is 17.0 Å². The van der Waals surface area contributed by atoms with Gasteiger partial charge < -0.3 is 19.9 Å². The minimum atomic E-state index is -0.280. The van der Waals surface area contributed by atoms with E-state index < -0.39 is 0 Å². The van der Waals surface area contributed by atoms with Crippen LogP contribution >= 0.6 is 12.2 Å². The van der Waals surface area contributed by atoms with Gasteiger partial charge in [0.1, 0.15) is 0 Å². The Kier molecular flexibility index (Phi) is 7.28. The van der Waals surface area contributed by atoms with Crippen LogP contribution in [0.25, 0.3) is 10.9 Å². The van der Waals surface area contributed by atoms with Crippen LogP contribution in [0.4, 0.5) is 0 Å². The van der Waals surface area contributed by atoms with Gasteiger partial charge >= 0.3 is 0 Å². The van der Waals surface area contributed by atoms with E-state index in [0.29, 0.717) is 48.2 Å². The van der Waals surface area contributed by atoms with Gasteiger partial charge in [0.15, 0.2) is 4.77 Å². The summed E-state index contributed by atoms with van der Waals surface area (Å²) in [5.41, 5.74) is 2.15. The highest BCUT2D eigenvalue weighted by Crippen LogP contribution is 2.16. The number of allylic oxidation sites excluding steroid dienone is 1. The van der Waals surface area contributed by atoms with E-state index in [1.165, 1.54) is 4.57 Å². The Hall–Kier alpha value is -3.56. The number of aromatic nitrogens is 2. The normalized spacial score (nSPS) is 17.8. The quantitative estimate of drug-likeness (QED) is 0.406. The summed E-state index contributed by atoms with van der Waals surface area (Å²) in [7, 11) is 0. The molecular weight excluding hydrogens is 464 g/mol. The number of rotatable bonds is 6. The molecule has 0 spiro atoms. The summed E-state index contributed by atoms with van der Waals surface area (Å²) in [5.74, 6) is -0.304. The zero-order chi connectivity index (χ0) is 25.1. The molecule has 0 bridgehead atoms. The first kappa shape index (κ1) is 24.6. The third-order valence-electron chi connectivity index (χ3n) is 5.92. The fourth-order valence-electron chi connectivity index (χ4n) is 4.27. The van der Waals surface area contributed by atoms with Gasteiger partial charge in [-0.15, -0.1) is 6.58 Å². The second-order valence-corrected chi connectivity index (χ2v) is 9.13. The van der Waals surface area contributed by atoms with E-state index in [-0.39, 0.29) is 34.4 Å². The van der Waals surface area contributed by atoms with Gasteiger partial charge in [0.2, 0.25) is 0 Å². The molecule has 2 N–H and O–H groups in total. The molecule has 3 aromatic rings. The number of benzene rings is 2. The van der Waals surface area contributed by atoms with Gasteiger partial charge in [-0.1, -0.05) is 18.2 Å². The van der Waals surface area contributed by atoms with E-state index in [1.807, 2.05) is 30.9 Å². The van der Waals surface area contributed by atoms with Gasteiger partial charge in [-0.25, -0.2) is 0 Å². The topological polar surface area (TPSA) is 96.4 Å². The monoisotopic (exact) mass is 492 g/mol. The molecule has 2 amide bonds. The lowest BCUT2D eigenvalue weighted by atomic mass is 10.1. The predicted molar refractivity (Wildman–Crippen MR) is 137 cm³/mol. The zero-order valence-electron chi connectivity index (χ0n) is 19.7. The number of carbonyl (C=O) groups is 2. The van der Waals surface area contributed by atoms with Crippen molar-refractivity contribution in [1.82, 2.24) is 19.8 Å². The van der Waals surface area contributed by atoms with Gasteiger partial charge in [0.05, 0.1) is 23.1 Å². The standard InChI is InChI=1S/C26H28N4O4S/c1-4-11-30-25(33)21-10-9-20(12-22(21)28-26(30)35)23(31)27-13-18-5-7-19(8-6-18)24(32)29-14-16(2)34-17(3)15-29/h4-10,12,16-17H,1,11,13-15H2,2-3H3,(H,27,31)(H,28,35). The van der Waals surface area contributed by atoms with Crippen LogP contribution in [-0.2, 0) is 17.8 Å². The molecule has 8 nitrogen and oxygen atoms in total. The number of nitrogens with one attached hydrogen (secondary N) is 2. The molecule has 2 atom stereocenters. The smallest absolute Gasteiger partial charge is 0.262 e. The van der Waals surface area contributed by atoms with E-state index in [1.54, 1.807) is 36.4 Å². The van der Waals surface area contributed by atoms with Crippen LogP contribution in [0.15, 0.2) is 59.9 Å². The van der Waals surface area contributed by atoms with Crippen molar-refractivity contribution in [3.63, 3.8) is 0 Å². The van der Waals surface area contributed by atoms with Gasteiger partial charge in [0.25, 0.3) is 17.4 Å². The molecule has 0 saturated carbocycles. The number of morpholine rings is 1. The highest BCUT2D eigenvalue weighted by atomic mass is 32.1. The van der Waals surface area contributed by atoms with Crippen molar-refractivity contribution in [3.05, 3.63) is 86.9 Å². The first-order valence-corrected chi connectivity index (χ1v) is 11.9. The van der Waals surface area contributed by atoms with E-state index in [9.17, 15) is 14.4 Å². The molecule has 1 saturated heterocycles. The van der Waals surface area contributed by atoms with Crippen LogP contribution in [-0.4, -0.2) is 51.6 Å². The first-order chi connectivity index (χ1) is 16.8. The summed E-state index contributed by atoms with van der Waals surface area (Å²) in [4.78, 5) is 43.0. The number of hydrogen-bond acceptors (Lipinski definition) is 5. The number of amides is 2. The number of ether oxygens (including phenoxy) is 1. The minimum Gasteiger partial charge on any atom is -0.372 e. The van der Waals surface area contributed by atoms with Crippen molar-refractivity contribution >= 4 is 34.9 Å². The minimum absolute atomic E-state index is 0.00996. The number of hydrogen-bond donors (Lipinski definition) is 2. The Morgan fingerprint density at radius 2 is 1.80 bits per heavy atom. The molecule has 2 aromatic carbocycles. The molecular formula is C26H28N4O4S. The molecule has 9 heteroatoms. The van der Waals surface area contributed by atoms with Crippen molar-refractivity contribution in [2.75, 3.05) is 13.1 Å². The van der Waals surface area contributed by atoms with Crippen molar-refractivity contribution in [3.8, 4) is 0 Å². The van der Waals surface area contributed by atoms with Crippen LogP contribution in [0.3, 0.4) is 0 Å². The highest BCUT2D eigenvalue weighted by Gasteiger charge is 2.26. The molecule has 182 valence electrons. The number of carbonyl (C=O) groups excluding carboxylic acids is 2. The van der Waals surface area contributed by atoms with Gasteiger partial charge in [-0.3, -0.25) is 19.0 Å². The summed E-state index contributed by atoms with van der Waals surface area (Å²) in [6.07, 6.45) is 1.62. The van der Waals surface area contributed by atoms with Gasteiger partial charge in [-0.05, 0) is 62.0 Å². The molecule has 1 aliphatic rings. The van der Waals surface area contributed by atoms with Gasteiger partial charge in [0, 0.05) is 37.3 Å². The maximum Gasteiger partial charge on any atom is 0.262 e. The zero-order valence-corrected chi connectivity index (χ0v) is 20.6. The Balaban J connectivity index is 1.42. The molecule has 1 fully saturated rings. The van der Waals surface area contributed by atoms with Crippen LogP contribution < -0.4 is 10.9 Å². The van der Waals surface area contributed by atoms with E-state index >= 15 is 0 Å².